The Hall–Kier alpha value is -2.76. The molecule has 0 unspecified atom stereocenters. The van der Waals surface area contributed by atoms with Gasteiger partial charge in [0.05, 0.1) is 0 Å². The predicted octanol–water partition coefficient (Wildman–Crippen LogP) is 4.13. The lowest BCUT2D eigenvalue weighted by atomic mass is 10.1. The third kappa shape index (κ3) is 3.38. The van der Waals surface area contributed by atoms with Gasteiger partial charge in [-0.15, -0.1) is 0 Å². The number of aryl methyl sites for hydroxylation is 2. The maximum absolute atomic E-state index is 4.69. The van der Waals surface area contributed by atoms with Gasteiger partial charge in [-0.25, -0.2) is 9.97 Å². The van der Waals surface area contributed by atoms with Crippen molar-refractivity contribution in [3.8, 4) is 0 Å². The second-order valence-electron chi connectivity index (χ2n) is 6.69. The van der Waals surface area contributed by atoms with E-state index in [-0.39, 0.29) is 0 Å². The smallest absolute Gasteiger partial charge is 0.227 e. The molecular formula is C19H22N6. The van der Waals surface area contributed by atoms with Crippen LogP contribution in [0.3, 0.4) is 0 Å². The molecule has 0 bridgehead atoms. The molecule has 1 fully saturated rings. The largest absolute Gasteiger partial charge is 0.351 e. The molecule has 1 saturated carbocycles. The molecule has 0 radical (unpaired) electrons. The van der Waals surface area contributed by atoms with Crippen LogP contribution in [0.2, 0.25) is 0 Å². The van der Waals surface area contributed by atoms with Crippen molar-refractivity contribution in [2.75, 3.05) is 10.6 Å². The number of rotatable bonds is 4. The molecule has 2 N–H and O–H groups in total. The highest BCUT2D eigenvalue weighted by Gasteiger charge is 2.17. The van der Waals surface area contributed by atoms with E-state index in [0.29, 0.717) is 29.0 Å². The Labute approximate surface area is 147 Å². The summed E-state index contributed by atoms with van der Waals surface area (Å²) >= 11 is 0. The second-order valence-corrected chi connectivity index (χ2v) is 6.69. The van der Waals surface area contributed by atoms with Crippen LogP contribution in [0.4, 0.5) is 17.5 Å². The summed E-state index contributed by atoms with van der Waals surface area (Å²) in [5, 5.41) is 6.87. The summed E-state index contributed by atoms with van der Waals surface area (Å²) in [5.74, 6) is 1.30. The normalized spacial score (nSPS) is 14.8. The van der Waals surface area contributed by atoms with Crippen LogP contribution in [0.5, 0.6) is 0 Å². The molecular weight excluding hydrogens is 312 g/mol. The monoisotopic (exact) mass is 334 g/mol. The van der Waals surface area contributed by atoms with E-state index < -0.39 is 0 Å². The number of hydrogen-bond acceptors (Lipinski definition) is 6. The lowest BCUT2D eigenvalue weighted by Crippen LogP contribution is -2.17. The third-order valence-corrected chi connectivity index (χ3v) is 4.66. The molecule has 1 aliphatic rings. The topological polar surface area (TPSA) is 75.6 Å². The SMILES string of the molecule is Cc1ccc(Nc2nc(NC3CCCC3)nc3nccnc23)c(C)c1. The molecule has 2 aromatic heterocycles. The predicted molar refractivity (Wildman–Crippen MR) is 100 cm³/mol. The van der Waals surface area contributed by atoms with Gasteiger partial charge in [0.1, 0.15) is 0 Å². The Balaban J connectivity index is 1.72. The van der Waals surface area contributed by atoms with Crippen LogP contribution in [0.25, 0.3) is 11.2 Å². The molecule has 0 amide bonds. The van der Waals surface area contributed by atoms with Crippen molar-refractivity contribution in [3.63, 3.8) is 0 Å². The van der Waals surface area contributed by atoms with Crippen LogP contribution in [0.15, 0.2) is 30.6 Å². The molecule has 0 saturated heterocycles. The number of nitrogens with one attached hydrogen (secondary N) is 2. The molecule has 4 rings (SSSR count). The summed E-state index contributed by atoms with van der Waals surface area (Å²) in [6.07, 6.45) is 8.19. The molecule has 128 valence electrons. The summed E-state index contributed by atoms with van der Waals surface area (Å²) in [4.78, 5) is 18.0. The van der Waals surface area contributed by atoms with Crippen molar-refractivity contribution in [1.29, 1.82) is 0 Å². The summed E-state index contributed by atoms with van der Waals surface area (Å²) in [6.45, 7) is 4.17. The van der Waals surface area contributed by atoms with Gasteiger partial charge in [-0.05, 0) is 38.3 Å². The van der Waals surface area contributed by atoms with Crippen LogP contribution in [0, 0.1) is 13.8 Å². The molecule has 0 spiro atoms. The molecule has 3 aromatic rings. The lowest BCUT2D eigenvalue weighted by Gasteiger charge is -2.15. The first-order valence-corrected chi connectivity index (χ1v) is 8.78. The maximum Gasteiger partial charge on any atom is 0.227 e. The van der Waals surface area contributed by atoms with Gasteiger partial charge in [0.2, 0.25) is 5.95 Å². The third-order valence-electron chi connectivity index (χ3n) is 4.66. The van der Waals surface area contributed by atoms with Gasteiger partial charge < -0.3 is 10.6 Å². The molecule has 1 aliphatic carbocycles. The van der Waals surface area contributed by atoms with E-state index in [1.54, 1.807) is 12.4 Å². The van der Waals surface area contributed by atoms with Crippen molar-refractivity contribution < 1.29 is 0 Å². The highest BCUT2D eigenvalue weighted by atomic mass is 15.2. The van der Waals surface area contributed by atoms with Crippen molar-refractivity contribution >= 4 is 28.6 Å². The highest BCUT2D eigenvalue weighted by molar-refractivity contribution is 5.86. The number of fused-ring (bicyclic) bond motifs is 1. The van der Waals surface area contributed by atoms with Gasteiger partial charge in [-0.1, -0.05) is 30.5 Å². The minimum Gasteiger partial charge on any atom is -0.351 e. The minimum absolute atomic E-state index is 0.447. The second kappa shape index (κ2) is 6.63. The summed E-state index contributed by atoms with van der Waals surface area (Å²) in [5.41, 5.74) is 4.70. The zero-order chi connectivity index (χ0) is 17.2. The van der Waals surface area contributed by atoms with E-state index in [1.807, 2.05) is 0 Å². The van der Waals surface area contributed by atoms with Gasteiger partial charge in [0.15, 0.2) is 17.0 Å². The van der Waals surface area contributed by atoms with Gasteiger partial charge >= 0.3 is 0 Å². The number of aromatic nitrogens is 4. The summed E-state index contributed by atoms with van der Waals surface area (Å²) in [7, 11) is 0. The minimum atomic E-state index is 0.447. The van der Waals surface area contributed by atoms with E-state index in [1.165, 1.54) is 36.8 Å². The first kappa shape index (κ1) is 15.7. The molecule has 0 atom stereocenters. The average molecular weight is 334 g/mol. The Morgan fingerprint density at radius 1 is 1.00 bits per heavy atom. The van der Waals surface area contributed by atoms with E-state index in [4.69, 9.17) is 0 Å². The fourth-order valence-corrected chi connectivity index (χ4v) is 3.35. The van der Waals surface area contributed by atoms with E-state index >= 15 is 0 Å². The van der Waals surface area contributed by atoms with Crippen LogP contribution >= 0.6 is 0 Å². The zero-order valence-corrected chi connectivity index (χ0v) is 14.6. The quantitative estimate of drug-likeness (QED) is 0.747. The number of benzene rings is 1. The van der Waals surface area contributed by atoms with Crippen LogP contribution in [0.1, 0.15) is 36.8 Å². The molecule has 25 heavy (non-hydrogen) atoms. The van der Waals surface area contributed by atoms with E-state index in [2.05, 4.69) is 62.6 Å². The van der Waals surface area contributed by atoms with Crippen molar-refractivity contribution in [3.05, 3.63) is 41.7 Å². The van der Waals surface area contributed by atoms with Gasteiger partial charge in [0, 0.05) is 24.1 Å². The summed E-state index contributed by atoms with van der Waals surface area (Å²) < 4.78 is 0. The molecule has 2 heterocycles. The Bertz CT molecular complexity index is 902. The van der Waals surface area contributed by atoms with E-state index in [9.17, 15) is 0 Å². The first-order chi connectivity index (χ1) is 12.2. The van der Waals surface area contributed by atoms with Gasteiger partial charge in [-0.3, -0.25) is 0 Å². The molecule has 1 aromatic carbocycles. The molecule has 6 heteroatoms. The number of anilines is 3. The van der Waals surface area contributed by atoms with Crippen LogP contribution < -0.4 is 10.6 Å². The maximum atomic E-state index is 4.69. The van der Waals surface area contributed by atoms with E-state index in [0.717, 1.165) is 5.69 Å². The Morgan fingerprint density at radius 2 is 1.80 bits per heavy atom. The van der Waals surface area contributed by atoms with Crippen molar-refractivity contribution in [1.82, 2.24) is 19.9 Å². The van der Waals surface area contributed by atoms with Crippen molar-refractivity contribution in [2.24, 2.45) is 0 Å². The molecule has 6 nitrogen and oxygen atoms in total. The van der Waals surface area contributed by atoms with Gasteiger partial charge in [0.25, 0.3) is 0 Å². The Morgan fingerprint density at radius 3 is 2.60 bits per heavy atom. The standard InChI is InChI=1S/C19H22N6/c1-12-7-8-15(13(2)11-12)23-18-16-17(21-10-9-20-16)24-19(25-18)22-14-5-3-4-6-14/h7-11,14H,3-6H2,1-2H3,(H2,21,22,23,24,25). The zero-order valence-electron chi connectivity index (χ0n) is 14.6. The Kier molecular flexibility index (Phi) is 4.17. The van der Waals surface area contributed by atoms with Crippen LogP contribution in [-0.4, -0.2) is 26.0 Å². The fraction of sp³-hybridized carbons (Fsp3) is 0.368. The summed E-state index contributed by atoms with van der Waals surface area (Å²) in [6, 6.07) is 6.75. The van der Waals surface area contributed by atoms with Crippen molar-refractivity contribution in [2.45, 2.75) is 45.6 Å². The van der Waals surface area contributed by atoms with Gasteiger partial charge in [-0.2, -0.15) is 9.97 Å². The molecule has 0 aliphatic heterocycles. The average Bonchev–Trinajstić information content (AvgIpc) is 3.10. The number of hydrogen-bond donors (Lipinski definition) is 2. The number of nitrogens with zero attached hydrogens (tertiary/aromatic N) is 4. The fourth-order valence-electron chi connectivity index (χ4n) is 3.35. The first-order valence-electron chi connectivity index (χ1n) is 8.78. The highest BCUT2D eigenvalue weighted by Crippen LogP contribution is 2.26. The van der Waals surface area contributed by atoms with Crippen LogP contribution in [-0.2, 0) is 0 Å². The lowest BCUT2D eigenvalue weighted by molar-refractivity contribution is 0.745.